The van der Waals surface area contributed by atoms with Crippen LogP contribution in [0.3, 0.4) is 0 Å². The zero-order valence-electron chi connectivity index (χ0n) is 7.62. The molecule has 0 bridgehead atoms. The highest BCUT2D eigenvalue weighted by atomic mass is 16.1. The molecule has 0 aromatic heterocycles. The van der Waals surface area contributed by atoms with Gasteiger partial charge in [-0.05, 0) is 25.7 Å². The van der Waals surface area contributed by atoms with Crippen LogP contribution in [-0.2, 0) is 4.79 Å². The number of hydrogen-bond acceptors (Lipinski definition) is 2. The van der Waals surface area contributed by atoms with Crippen LogP contribution in [0.2, 0.25) is 0 Å². The molecule has 2 aliphatic rings. The normalized spacial score (nSPS) is 38.1. The Morgan fingerprint density at radius 2 is 2.38 bits per heavy atom. The van der Waals surface area contributed by atoms with Crippen LogP contribution < -0.4 is 0 Å². The topological polar surface area (TPSA) is 40.9 Å². The smallest absolute Gasteiger partial charge is 0.137 e. The summed E-state index contributed by atoms with van der Waals surface area (Å²) in [5, 5.41) is 9.16. The summed E-state index contributed by atoms with van der Waals surface area (Å²) >= 11 is 0. The third kappa shape index (κ3) is 1.19. The van der Waals surface area contributed by atoms with E-state index in [1.165, 1.54) is 0 Å². The van der Waals surface area contributed by atoms with Gasteiger partial charge in [0.1, 0.15) is 5.78 Å². The molecule has 0 saturated heterocycles. The molecule has 1 unspecified atom stereocenters. The monoisotopic (exact) mass is 175 g/mol. The second-order valence-corrected chi connectivity index (χ2v) is 4.05. The van der Waals surface area contributed by atoms with E-state index in [0.29, 0.717) is 12.2 Å². The first-order valence-electron chi connectivity index (χ1n) is 4.87. The zero-order valence-corrected chi connectivity index (χ0v) is 7.62. The van der Waals surface area contributed by atoms with Crippen LogP contribution in [0.25, 0.3) is 0 Å². The van der Waals surface area contributed by atoms with Crippen LogP contribution in [0.5, 0.6) is 0 Å². The van der Waals surface area contributed by atoms with Crippen molar-refractivity contribution in [2.45, 2.75) is 32.1 Å². The van der Waals surface area contributed by atoms with Crippen LogP contribution in [0.4, 0.5) is 0 Å². The molecular formula is C11H13NO. The molecule has 0 spiro atoms. The average molecular weight is 175 g/mol. The quantitative estimate of drug-likeness (QED) is 0.529. The third-order valence-corrected chi connectivity index (χ3v) is 3.34. The Hall–Kier alpha value is -1.10. The Morgan fingerprint density at radius 3 is 3.08 bits per heavy atom. The van der Waals surface area contributed by atoms with Crippen molar-refractivity contribution in [3.05, 3.63) is 12.2 Å². The molecule has 68 valence electrons. The van der Waals surface area contributed by atoms with Gasteiger partial charge in [0.05, 0.1) is 11.5 Å². The highest BCUT2D eigenvalue weighted by molar-refractivity contribution is 5.83. The van der Waals surface area contributed by atoms with Gasteiger partial charge >= 0.3 is 0 Å². The first-order chi connectivity index (χ1) is 6.28. The van der Waals surface area contributed by atoms with Crippen molar-refractivity contribution in [3.63, 3.8) is 0 Å². The van der Waals surface area contributed by atoms with Gasteiger partial charge in [0.2, 0.25) is 0 Å². The highest BCUT2D eigenvalue weighted by Gasteiger charge is 2.45. The number of carbonyl (C=O) groups excluding carboxylic acids is 1. The number of rotatable bonds is 0. The van der Waals surface area contributed by atoms with Gasteiger partial charge in [0, 0.05) is 12.3 Å². The van der Waals surface area contributed by atoms with Crippen molar-refractivity contribution < 1.29 is 4.79 Å². The minimum atomic E-state index is -0.343. The van der Waals surface area contributed by atoms with Crippen LogP contribution in [0.1, 0.15) is 32.1 Å². The number of allylic oxidation sites excluding steroid dienone is 2. The number of hydrogen-bond donors (Lipinski definition) is 0. The van der Waals surface area contributed by atoms with E-state index in [1.54, 1.807) is 0 Å². The van der Waals surface area contributed by atoms with Crippen molar-refractivity contribution in [1.29, 1.82) is 5.26 Å². The van der Waals surface area contributed by atoms with Gasteiger partial charge in [-0.1, -0.05) is 12.2 Å². The summed E-state index contributed by atoms with van der Waals surface area (Å²) in [4.78, 5) is 11.6. The SMILES string of the molecule is N#C[C@@]12CC=CCC1C(=O)CCC2. The molecular weight excluding hydrogens is 162 g/mol. The van der Waals surface area contributed by atoms with E-state index in [-0.39, 0.29) is 11.3 Å². The number of carbonyl (C=O) groups is 1. The molecule has 13 heavy (non-hydrogen) atoms. The van der Waals surface area contributed by atoms with E-state index >= 15 is 0 Å². The number of ketones is 1. The van der Waals surface area contributed by atoms with Gasteiger partial charge in [0.25, 0.3) is 0 Å². The van der Waals surface area contributed by atoms with Crippen LogP contribution >= 0.6 is 0 Å². The molecule has 2 rings (SSSR count). The van der Waals surface area contributed by atoms with Crippen molar-refractivity contribution in [2.75, 3.05) is 0 Å². The first kappa shape index (κ1) is 8.50. The first-order valence-corrected chi connectivity index (χ1v) is 4.87. The van der Waals surface area contributed by atoms with Crippen molar-refractivity contribution in [1.82, 2.24) is 0 Å². The predicted octanol–water partition coefficient (Wildman–Crippen LogP) is 2.22. The van der Waals surface area contributed by atoms with E-state index in [2.05, 4.69) is 12.1 Å². The summed E-state index contributed by atoms with van der Waals surface area (Å²) in [6.45, 7) is 0. The molecule has 1 saturated carbocycles. The molecule has 0 radical (unpaired) electrons. The predicted molar refractivity (Wildman–Crippen MR) is 48.8 cm³/mol. The summed E-state index contributed by atoms with van der Waals surface area (Å²) in [5.41, 5.74) is -0.343. The molecule has 1 fully saturated rings. The van der Waals surface area contributed by atoms with Crippen LogP contribution in [0.15, 0.2) is 12.2 Å². The minimum Gasteiger partial charge on any atom is -0.299 e. The standard InChI is InChI=1S/C11H13NO/c12-8-11-6-2-1-4-9(11)10(13)5-3-7-11/h1-2,9H,3-7H2/t9?,11-/m0/s1. The van der Waals surface area contributed by atoms with Gasteiger partial charge < -0.3 is 0 Å². The fourth-order valence-corrected chi connectivity index (χ4v) is 2.54. The maximum absolute atomic E-state index is 11.6. The van der Waals surface area contributed by atoms with Crippen molar-refractivity contribution >= 4 is 5.78 Å². The van der Waals surface area contributed by atoms with Gasteiger partial charge in [-0.25, -0.2) is 0 Å². The summed E-state index contributed by atoms with van der Waals surface area (Å²) in [5.74, 6) is 0.299. The van der Waals surface area contributed by atoms with E-state index in [1.807, 2.05) is 6.08 Å². The molecule has 2 heteroatoms. The van der Waals surface area contributed by atoms with E-state index in [0.717, 1.165) is 25.7 Å². The largest absolute Gasteiger partial charge is 0.299 e. The Bertz CT molecular complexity index is 300. The van der Waals surface area contributed by atoms with Crippen molar-refractivity contribution in [3.8, 4) is 6.07 Å². The molecule has 0 N–H and O–H groups in total. The molecule has 0 amide bonds. The molecule has 0 aromatic carbocycles. The Balaban J connectivity index is 2.34. The Labute approximate surface area is 78.2 Å². The van der Waals surface area contributed by atoms with Gasteiger partial charge in [0.15, 0.2) is 0 Å². The maximum Gasteiger partial charge on any atom is 0.137 e. The van der Waals surface area contributed by atoms with E-state index in [9.17, 15) is 4.79 Å². The molecule has 0 heterocycles. The molecule has 0 aromatic rings. The molecule has 0 aliphatic heterocycles. The van der Waals surface area contributed by atoms with Crippen molar-refractivity contribution in [2.24, 2.45) is 11.3 Å². The summed E-state index contributed by atoms with van der Waals surface area (Å²) in [6.07, 6.45) is 8.15. The number of fused-ring (bicyclic) bond motifs is 1. The number of nitrogens with zero attached hydrogens (tertiary/aromatic N) is 1. The fourth-order valence-electron chi connectivity index (χ4n) is 2.54. The fraction of sp³-hybridized carbons (Fsp3) is 0.636. The van der Waals surface area contributed by atoms with Gasteiger partial charge in [-0.3, -0.25) is 4.79 Å². The average Bonchev–Trinajstić information content (AvgIpc) is 2.18. The van der Waals surface area contributed by atoms with Crippen LogP contribution in [-0.4, -0.2) is 5.78 Å². The third-order valence-electron chi connectivity index (χ3n) is 3.34. The Kier molecular flexibility index (Phi) is 1.95. The number of nitriles is 1. The second kappa shape index (κ2) is 2.99. The lowest BCUT2D eigenvalue weighted by Crippen LogP contribution is -2.39. The van der Waals surface area contributed by atoms with Gasteiger partial charge in [-0.2, -0.15) is 5.26 Å². The lowest BCUT2D eigenvalue weighted by atomic mass is 9.62. The summed E-state index contributed by atoms with van der Waals surface area (Å²) in [7, 11) is 0. The lowest BCUT2D eigenvalue weighted by Gasteiger charge is -2.38. The van der Waals surface area contributed by atoms with Gasteiger partial charge in [-0.15, -0.1) is 0 Å². The lowest BCUT2D eigenvalue weighted by molar-refractivity contribution is -0.128. The van der Waals surface area contributed by atoms with E-state index < -0.39 is 0 Å². The Morgan fingerprint density at radius 1 is 1.54 bits per heavy atom. The number of Topliss-reactive ketones (excluding diaryl/α,β-unsaturated/α-hetero) is 1. The molecule has 2 aliphatic carbocycles. The summed E-state index contributed by atoms with van der Waals surface area (Å²) in [6, 6.07) is 2.38. The minimum absolute atomic E-state index is 0.00347. The maximum atomic E-state index is 11.6. The highest BCUT2D eigenvalue weighted by Crippen LogP contribution is 2.46. The van der Waals surface area contributed by atoms with E-state index in [4.69, 9.17) is 5.26 Å². The molecule has 2 nitrogen and oxygen atoms in total. The summed E-state index contributed by atoms with van der Waals surface area (Å²) < 4.78 is 0. The molecule has 2 atom stereocenters. The van der Waals surface area contributed by atoms with Crippen LogP contribution in [0, 0.1) is 22.7 Å². The second-order valence-electron chi connectivity index (χ2n) is 4.05. The zero-order chi connectivity index (χ0) is 9.31.